The zero-order valence-corrected chi connectivity index (χ0v) is 7.52. The molecule has 5 heteroatoms. The SMILES string of the molecule is CC(=O)CC(=O)SCCC(=O)O. The number of Topliss-reactive ketones (excluding diaryl/α,β-unsaturated/α-hetero) is 1. The first kappa shape index (κ1) is 11.2. The van der Waals surface area contributed by atoms with Gasteiger partial charge < -0.3 is 5.11 Å². The molecule has 0 radical (unpaired) electrons. The van der Waals surface area contributed by atoms with Crippen LogP contribution in [-0.4, -0.2) is 27.7 Å². The van der Waals surface area contributed by atoms with Crippen molar-refractivity contribution in [3.05, 3.63) is 0 Å². The molecule has 0 aromatic carbocycles. The van der Waals surface area contributed by atoms with E-state index in [9.17, 15) is 14.4 Å². The van der Waals surface area contributed by atoms with E-state index in [-0.39, 0.29) is 29.5 Å². The molecule has 0 aromatic heterocycles. The first-order chi connectivity index (χ1) is 5.52. The Morgan fingerprint density at radius 2 is 1.92 bits per heavy atom. The molecule has 0 aliphatic carbocycles. The van der Waals surface area contributed by atoms with E-state index in [0.29, 0.717) is 0 Å². The highest BCUT2D eigenvalue weighted by molar-refractivity contribution is 8.13. The van der Waals surface area contributed by atoms with Crippen molar-refractivity contribution in [3.63, 3.8) is 0 Å². The van der Waals surface area contributed by atoms with Crippen LogP contribution in [0.3, 0.4) is 0 Å². The number of carboxylic acid groups (broad SMARTS) is 1. The molecule has 0 aromatic rings. The Morgan fingerprint density at radius 1 is 1.33 bits per heavy atom. The van der Waals surface area contributed by atoms with E-state index in [1.807, 2.05) is 0 Å². The Labute approximate surface area is 74.3 Å². The molecule has 0 heterocycles. The van der Waals surface area contributed by atoms with Gasteiger partial charge in [-0.05, 0) is 6.92 Å². The van der Waals surface area contributed by atoms with Crippen molar-refractivity contribution in [2.75, 3.05) is 5.75 Å². The van der Waals surface area contributed by atoms with Crippen LogP contribution in [0.15, 0.2) is 0 Å². The fourth-order valence-electron chi connectivity index (χ4n) is 0.506. The predicted molar refractivity (Wildman–Crippen MR) is 45.0 cm³/mol. The molecule has 0 aliphatic rings. The summed E-state index contributed by atoms with van der Waals surface area (Å²) in [5.74, 6) is -0.887. The highest BCUT2D eigenvalue weighted by Crippen LogP contribution is 2.07. The third kappa shape index (κ3) is 7.27. The Hall–Kier alpha value is -0.840. The molecule has 0 unspecified atom stereocenters. The molecule has 0 amide bonds. The van der Waals surface area contributed by atoms with Gasteiger partial charge >= 0.3 is 5.97 Å². The van der Waals surface area contributed by atoms with Gasteiger partial charge in [-0.1, -0.05) is 11.8 Å². The van der Waals surface area contributed by atoms with E-state index in [1.54, 1.807) is 0 Å². The van der Waals surface area contributed by atoms with Gasteiger partial charge in [0.1, 0.15) is 5.78 Å². The van der Waals surface area contributed by atoms with Gasteiger partial charge in [0.15, 0.2) is 5.12 Å². The average molecular weight is 190 g/mol. The monoisotopic (exact) mass is 190 g/mol. The minimum atomic E-state index is -0.932. The molecule has 12 heavy (non-hydrogen) atoms. The summed E-state index contributed by atoms with van der Waals surface area (Å²) in [6.07, 6.45) is -0.154. The number of carboxylic acids is 1. The summed E-state index contributed by atoms with van der Waals surface area (Å²) in [6, 6.07) is 0. The smallest absolute Gasteiger partial charge is 0.304 e. The molecule has 0 saturated carbocycles. The van der Waals surface area contributed by atoms with Gasteiger partial charge in [-0.2, -0.15) is 0 Å². The fraction of sp³-hybridized carbons (Fsp3) is 0.571. The van der Waals surface area contributed by atoms with Crippen LogP contribution in [0.5, 0.6) is 0 Å². The largest absolute Gasteiger partial charge is 0.481 e. The summed E-state index contributed by atoms with van der Waals surface area (Å²) < 4.78 is 0. The Bertz CT molecular complexity index is 200. The van der Waals surface area contributed by atoms with E-state index in [1.165, 1.54) is 6.92 Å². The van der Waals surface area contributed by atoms with Crippen LogP contribution in [0.2, 0.25) is 0 Å². The van der Waals surface area contributed by atoms with E-state index >= 15 is 0 Å². The van der Waals surface area contributed by atoms with Gasteiger partial charge in [0.05, 0.1) is 12.8 Å². The molecule has 4 nitrogen and oxygen atoms in total. The number of carbonyl (C=O) groups excluding carboxylic acids is 2. The van der Waals surface area contributed by atoms with Gasteiger partial charge in [0, 0.05) is 5.75 Å². The normalized spacial score (nSPS) is 9.42. The lowest BCUT2D eigenvalue weighted by Gasteiger charge is -1.94. The minimum absolute atomic E-state index is 0.0473. The third-order valence-electron chi connectivity index (χ3n) is 0.972. The molecular weight excluding hydrogens is 180 g/mol. The number of carbonyl (C=O) groups is 3. The van der Waals surface area contributed by atoms with Crippen LogP contribution in [0.25, 0.3) is 0 Å². The lowest BCUT2D eigenvalue weighted by Crippen LogP contribution is -2.03. The van der Waals surface area contributed by atoms with Crippen LogP contribution in [0.1, 0.15) is 19.8 Å². The Kier molecular flexibility index (Phi) is 5.36. The molecule has 0 fully saturated rings. The highest BCUT2D eigenvalue weighted by Gasteiger charge is 2.06. The van der Waals surface area contributed by atoms with Crippen LogP contribution < -0.4 is 0 Å². The highest BCUT2D eigenvalue weighted by atomic mass is 32.2. The molecule has 0 atom stereocenters. The van der Waals surface area contributed by atoms with Gasteiger partial charge in [0.25, 0.3) is 0 Å². The Morgan fingerprint density at radius 3 is 2.33 bits per heavy atom. The second-order valence-corrected chi connectivity index (χ2v) is 3.40. The topological polar surface area (TPSA) is 71.4 Å². The lowest BCUT2D eigenvalue weighted by molar-refractivity contribution is -0.136. The maximum absolute atomic E-state index is 10.8. The van der Waals surface area contributed by atoms with Crippen molar-refractivity contribution >= 4 is 28.6 Å². The average Bonchev–Trinajstić information content (AvgIpc) is 1.84. The zero-order chi connectivity index (χ0) is 9.56. The first-order valence-corrected chi connectivity index (χ1v) is 4.38. The summed E-state index contributed by atoms with van der Waals surface area (Å²) in [5.41, 5.74) is 0. The van der Waals surface area contributed by atoms with Gasteiger partial charge in [-0.3, -0.25) is 14.4 Å². The van der Waals surface area contributed by atoms with Crippen molar-refractivity contribution in [1.82, 2.24) is 0 Å². The maximum atomic E-state index is 10.8. The quantitative estimate of drug-likeness (QED) is 0.646. The fourth-order valence-corrected chi connectivity index (χ4v) is 1.32. The number of ketones is 1. The van der Waals surface area contributed by atoms with E-state index < -0.39 is 5.97 Å². The number of rotatable bonds is 5. The summed E-state index contributed by atoms with van der Waals surface area (Å²) in [4.78, 5) is 31.2. The number of hydrogen-bond acceptors (Lipinski definition) is 4. The number of hydrogen-bond donors (Lipinski definition) is 1. The molecule has 0 rings (SSSR count). The van der Waals surface area contributed by atoms with Crippen LogP contribution in [0, 0.1) is 0 Å². The third-order valence-corrected chi connectivity index (χ3v) is 1.85. The van der Waals surface area contributed by atoms with Gasteiger partial charge in [0.2, 0.25) is 0 Å². The predicted octanol–water partition coefficient (Wildman–Crippen LogP) is 0.700. The Balaban J connectivity index is 3.44. The molecule has 1 N–H and O–H groups in total. The molecule has 0 spiro atoms. The lowest BCUT2D eigenvalue weighted by atomic mass is 10.3. The van der Waals surface area contributed by atoms with Crippen molar-refractivity contribution in [2.24, 2.45) is 0 Å². The van der Waals surface area contributed by atoms with Crippen LogP contribution >= 0.6 is 11.8 Å². The van der Waals surface area contributed by atoms with Crippen molar-refractivity contribution in [1.29, 1.82) is 0 Å². The summed E-state index contributed by atoms with van der Waals surface area (Å²) >= 11 is 0.892. The maximum Gasteiger partial charge on any atom is 0.304 e. The second-order valence-electron chi connectivity index (χ2n) is 2.24. The van der Waals surface area contributed by atoms with Crippen LogP contribution in [-0.2, 0) is 14.4 Å². The van der Waals surface area contributed by atoms with Crippen molar-refractivity contribution in [3.8, 4) is 0 Å². The summed E-state index contributed by atoms with van der Waals surface area (Å²) in [7, 11) is 0. The molecule has 0 saturated heterocycles. The standard InChI is InChI=1S/C7H10O4S/c1-5(8)4-7(11)12-3-2-6(9)10/h2-4H2,1H3,(H,9,10). The molecule has 68 valence electrons. The van der Waals surface area contributed by atoms with Crippen LogP contribution in [0.4, 0.5) is 0 Å². The summed E-state index contributed by atoms with van der Waals surface area (Å²) in [5, 5.41) is 7.96. The second kappa shape index (κ2) is 5.77. The molecule has 0 aliphatic heterocycles. The van der Waals surface area contributed by atoms with Gasteiger partial charge in [-0.25, -0.2) is 0 Å². The number of thioether (sulfide) groups is 1. The molecule has 0 bridgehead atoms. The summed E-state index contributed by atoms with van der Waals surface area (Å²) in [6.45, 7) is 1.33. The van der Waals surface area contributed by atoms with E-state index in [0.717, 1.165) is 11.8 Å². The van der Waals surface area contributed by atoms with Crippen molar-refractivity contribution in [2.45, 2.75) is 19.8 Å². The van der Waals surface area contributed by atoms with Gasteiger partial charge in [-0.15, -0.1) is 0 Å². The van der Waals surface area contributed by atoms with E-state index in [4.69, 9.17) is 5.11 Å². The van der Waals surface area contributed by atoms with Crippen molar-refractivity contribution < 1.29 is 19.5 Å². The number of aliphatic carboxylic acids is 1. The minimum Gasteiger partial charge on any atom is -0.481 e. The zero-order valence-electron chi connectivity index (χ0n) is 6.70. The van der Waals surface area contributed by atoms with E-state index in [2.05, 4.69) is 0 Å². The molecular formula is C7H10O4S. The first-order valence-electron chi connectivity index (χ1n) is 3.39.